The average Bonchev–Trinajstić information content (AvgIpc) is 2.92. The topological polar surface area (TPSA) is 29.5 Å². The van der Waals surface area contributed by atoms with Crippen molar-refractivity contribution in [3.63, 3.8) is 0 Å². The molecule has 1 amide bonds. The minimum absolute atomic E-state index is 0.233. The van der Waals surface area contributed by atoms with Crippen LogP contribution in [0.25, 0.3) is 0 Å². The Balaban J connectivity index is 2.10. The largest absolute Gasteiger partial charge is 0.496 e. The molecule has 1 fully saturated rings. The molecule has 3 heteroatoms. The fourth-order valence-corrected chi connectivity index (χ4v) is 2.60. The van der Waals surface area contributed by atoms with Crippen LogP contribution in [-0.2, 0) is 11.2 Å². The SMILES string of the molecule is COc1cc(CC(=O)N2CCCC2)ccc1C(C)C. The van der Waals surface area contributed by atoms with Crippen molar-refractivity contribution in [2.75, 3.05) is 20.2 Å². The molecule has 0 atom stereocenters. The van der Waals surface area contributed by atoms with E-state index in [1.54, 1.807) is 7.11 Å². The van der Waals surface area contributed by atoms with Gasteiger partial charge in [-0.1, -0.05) is 26.0 Å². The van der Waals surface area contributed by atoms with E-state index in [1.807, 2.05) is 17.0 Å². The molecule has 0 radical (unpaired) electrons. The van der Waals surface area contributed by atoms with Gasteiger partial charge in [0.15, 0.2) is 0 Å². The van der Waals surface area contributed by atoms with Crippen LogP contribution in [0.15, 0.2) is 18.2 Å². The van der Waals surface area contributed by atoms with Gasteiger partial charge in [0.05, 0.1) is 13.5 Å². The second-order valence-electron chi connectivity index (χ2n) is 5.50. The van der Waals surface area contributed by atoms with Crippen LogP contribution in [0.3, 0.4) is 0 Å². The van der Waals surface area contributed by atoms with Gasteiger partial charge < -0.3 is 9.64 Å². The van der Waals surface area contributed by atoms with Gasteiger partial charge in [-0.15, -0.1) is 0 Å². The fraction of sp³-hybridized carbons (Fsp3) is 0.562. The highest BCUT2D eigenvalue weighted by Gasteiger charge is 2.18. The Morgan fingerprint density at radius 2 is 2.00 bits per heavy atom. The third-order valence-corrected chi connectivity index (χ3v) is 3.73. The average molecular weight is 261 g/mol. The molecule has 1 aliphatic rings. The Morgan fingerprint density at radius 1 is 1.32 bits per heavy atom. The molecule has 1 aliphatic heterocycles. The van der Waals surface area contributed by atoms with Crippen LogP contribution in [-0.4, -0.2) is 31.0 Å². The maximum atomic E-state index is 12.1. The van der Waals surface area contributed by atoms with E-state index in [9.17, 15) is 4.79 Å². The number of amides is 1. The summed E-state index contributed by atoms with van der Waals surface area (Å²) in [6.07, 6.45) is 2.76. The third-order valence-electron chi connectivity index (χ3n) is 3.73. The zero-order valence-corrected chi connectivity index (χ0v) is 12.1. The Morgan fingerprint density at radius 3 is 2.58 bits per heavy atom. The molecule has 1 saturated heterocycles. The molecule has 0 aromatic heterocycles. The van der Waals surface area contributed by atoms with E-state index in [4.69, 9.17) is 4.74 Å². The van der Waals surface area contributed by atoms with Crippen molar-refractivity contribution < 1.29 is 9.53 Å². The highest BCUT2D eigenvalue weighted by atomic mass is 16.5. The van der Waals surface area contributed by atoms with Crippen molar-refractivity contribution in [2.24, 2.45) is 0 Å². The van der Waals surface area contributed by atoms with Crippen molar-refractivity contribution >= 4 is 5.91 Å². The first-order valence-electron chi connectivity index (χ1n) is 7.06. The molecular weight excluding hydrogens is 238 g/mol. The molecule has 0 bridgehead atoms. The normalized spacial score (nSPS) is 15.1. The van der Waals surface area contributed by atoms with Gasteiger partial charge >= 0.3 is 0 Å². The maximum absolute atomic E-state index is 12.1. The van der Waals surface area contributed by atoms with Crippen LogP contribution in [0, 0.1) is 0 Å². The van der Waals surface area contributed by atoms with Gasteiger partial charge in [-0.3, -0.25) is 4.79 Å². The predicted molar refractivity (Wildman–Crippen MR) is 76.6 cm³/mol. The number of likely N-dealkylation sites (tertiary alicyclic amines) is 1. The summed E-state index contributed by atoms with van der Waals surface area (Å²) in [7, 11) is 1.69. The van der Waals surface area contributed by atoms with Crippen molar-refractivity contribution in [1.82, 2.24) is 4.90 Å². The zero-order chi connectivity index (χ0) is 13.8. The van der Waals surface area contributed by atoms with E-state index in [2.05, 4.69) is 19.9 Å². The van der Waals surface area contributed by atoms with Gasteiger partial charge in [0.25, 0.3) is 0 Å². The van der Waals surface area contributed by atoms with Gasteiger partial charge in [-0.2, -0.15) is 0 Å². The Kier molecular flexibility index (Phi) is 4.46. The molecule has 0 saturated carbocycles. The van der Waals surface area contributed by atoms with Crippen LogP contribution in [0.4, 0.5) is 0 Å². The summed E-state index contributed by atoms with van der Waals surface area (Å²) in [5, 5.41) is 0. The van der Waals surface area contributed by atoms with E-state index in [0.29, 0.717) is 12.3 Å². The summed E-state index contributed by atoms with van der Waals surface area (Å²) in [4.78, 5) is 14.1. The third kappa shape index (κ3) is 3.28. The Hall–Kier alpha value is -1.51. The predicted octanol–water partition coefficient (Wildman–Crippen LogP) is 2.98. The first-order chi connectivity index (χ1) is 9.11. The maximum Gasteiger partial charge on any atom is 0.226 e. The van der Waals surface area contributed by atoms with Crippen LogP contribution in [0.1, 0.15) is 43.7 Å². The number of rotatable bonds is 4. The van der Waals surface area contributed by atoms with E-state index < -0.39 is 0 Å². The van der Waals surface area contributed by atoms with Gasteiger partial charge in [-0.05, 0) is 36.0 Å². The van der Waals surface area contributed by atoms with Gasteiger partial charge in [0.2, 0.25) is 5.91 Å². The molecular formula is C16H23NO2. The minimum Gasteiger partial charge on any atom is -0.496 e. The standard InChI is InChI=1S/C16H23NO2/c1-12(2)14-7-6-13(10-15(14)19-3)11-16(18)17-8-4-5-9-17/h6-7,10,12H,4-5,8-9,11H2,1-3H3. The summed E-state index contributed by atoms with van der Waals surface area (Å²) >= 11 is 0. The molecule has 0 unspecified atom stereocenters. The number of methoxy groups -OCH3 is 1. The minimum atomic E-state index is 0.233. The molecule has 0 spiro atoms. The van der Waals surface area contributed by atoms with Gasteiger partial charge in [0.1, 0.15) is 5.75 Å². The molecule has 3 nitrogen and oxygen atoms in total. The lowest BCUT2D eigenvalue weighted by atomic mass is 9.99. The highest BCUT2D eigenvalue weighted by molar-refractivity contribution is 5.79. The molecule has 19 heavy (non-hydrogen) atoms. The van der Waals surface area contributed by atoms with Crippen molar-refractivity contribution in [2.45, 2.75) is 39.0 Å². The Bertz CT molecular complexity index is 448. The number of hydrogen-bond donors (Lipinski definition) is 0. The van der Waals surface area contributed by atoms with Crippen molar-refractivity contribution in [3.05, 3.63) is 29.3 Å². The van der Waals surface area contributed by atoms with Crippen LogP contribution < -0.4 is 4.74 Å². The van der Waals surface area contributed by atoms with E-state index in [-0.39, 0.29) is 5.91 Å². The number of ether oxygens (including phenoxy) is 1. The molecule has 0 aliphatic carbocycles. The molecule has 1 aromatic carbocycles. The van der Waals surface area contributed by atoms with Gasteiger partial charge in [-0.25, -0.2) is 0 Å². The first-order valence-corrected chi connectivity index (χ1v) is 7.06. The van der Waals surface area contributed by atoms with Crippen molar-refractivity contribution in [3.8, 4) is 5.75 Å². The quantitative estimate of drug-likeness (QED) is 0.834. The number of carbonyl (C=O) groups is 1. The fourth-order valence-electron chi connectivity index (χ4n) is 2.60. The lowest BCUT2D eigenvalue weighted by molar-refractivity contribution is -0.129. The molecule has 2 rings (SSSR count). The zero-order valence-electron chi connectivity index (χ0n) is 12.1. The van der Waals surface area contributed by atoms with E-state index in [0.717, 1.165) is 37.2 Å². The number of benzene rings is 1. The summed E-state index contributed by atoms with van der Waals surface area (Å²) in [5.41, 5.74) is 2.23. The van der Waals surface area contributed by atoms with Crippen LogP contribution in [0.2, 0.25) is 0 Å². The summed E-state index contributed by atoms with van der Waals surface area (Å²) in [6, 6.07) is 6.13. The van der Waals surface area contributed by atoms with Crippen LogP contribution in [0.5, 0.6) is 5.75 Å². The molecule has 1 aromatic rings. The van der Waals surface area contributed by atoms with Crippen molar-refractivity contribution in [1.29, 1.82) is 0 Å². The smallest absolute Gasteiger partial charge is 0.226 e. The monoisotopic (exact) mass is 261 g/mol. The number of nitrogens with zero attached hydrogens (tertiary/aromatic N) is 1. The molecule has 0 N–H and O–H groups in total. The van der Waals surface area contributed by atoms with Crippen LogP contribution >= 0.6 is 0 Å². The second-order valence-corrected chi connectivity index (χ2v) is 5.50. The summed E-state index contributed by atoms with van der Waals surface area (Å²) in [6.45, 7) is 6.12. The summed E-state index contributed by atoms with van der Waals surface area (Å²) in [5.74, 6) is 1.55. The lowest BCUT2D eigenvalue weighted by Crippen LogP contribution is -2.29. The van der Waals surface area contributed by atoms with Gasteiger partial charge in [0, 0.05) is 13.1 Å². The highest BCUT2D eigenvalue weighted by Crippen LogP contribution is 2.27. The van der Waals surface area contributed by atoms with E-state index >= 15 is 0 Å². The second kappa shape index (κ2) is 6.09. The number of carbonyl (C=O) groups excluding carboxylic acids is 1. The molecule has 1 heterocycles. The lowest BCUT2D eigenvalue weighted by Gasteiger charge is -2.17. The number of hydrogen-bond acceptors (Lipinski definition) is 2. The molecule has 104 valence electrons. The first kappa shape index (κ1) is 13.9. The Labute approximate surface area is 115 Å². The van der Waals surface area contributed by atoms with E-state index in [1.165, 1.54) is 5.56 Å². The summed E-state index contributed by atoms with van der Waals surface area (Å²) < 4.78 is 5.43.